The molecule has 1 aliphatic heterocycles. The van der Waals surface area contributed by atoms with Gasteiger partial charge in [-0.25, -0.2) is 9.59 Å². The van der Waals surface area contributed by atoms with Crippen molar-refractivity contribution < 1.29 is 23.8 Å². The van der Waals surface area contributed by atoms with Crippen LogP contribution in [0, 0.1) is 5.92 Å². The molecular formula is C21H32N2O5. The predicted molar refractivity (Wildman–Crippen MR) is 106 cm³/mol. The second-order valence-electron chi connectivity index (χ2n) is 8.01. The summed E-state index contributed by atoms with van der Waals surface area (Å²) in [6, 6.07) is 9.47. The van der Waals surface area contributed by atoms with Crippen molar-refractivity contribution in [2.24, 2.45) is 5.92 Å². The third-order valence-electron chi connectivity index (χ3n) is 4.49. The summed E-state index contributed by atoms with van der Waals surface area (Å²) in [5.41, 5.74) is 0.463. The van der Waals surface area contributed by atoms with Gasteiger partial charge >= 0.3 is 12.2 Å². The minimum Gasteiger partial charge on any atom is -0.444 e. The molecule has 0 aliphatic carbocycles. The van der Waals surface area contributed by atoms with Gasteiger partial charge < -0.3 is 19.1 Å². The zero-order chi connectivity index (χ0) is 20.4. The lowest BCUT2D eigenvalue weighted by atomic mass is 9.94. The van der Waals surface area contributed by atoms with Crippen LogP contribution in [0.4, 0.5) is 9.59 Å². The number of likely N-dealkylation sites (tertiary alicyclic amines) is 1. The van der Waals surface area contributed by atoms with Gasteiger partial charge in [0, 0.05) is 13.1 Å². The highest BCUT2D eigenvalue weighted by molar-refractivity contribution is 5.68. The first-order chi connectivity index (χ1) is 13.3. The van der Waals surface area contributed by atoms with E-state index in [0.29, 0.717) is 5.92 Å². The molecule has 1 N–H and O–H groups in total. The monoisotopic (exact) mass is 392 g/mol. The summed E-state index contributed by atoms with van der Waals surface area (Å²) in [5.74, 6) is 0.552. The molecule has 1 fully saturated rings. The van der Waals surface area contributed by atoms with Gasteiger partial charge in [-0.3, -0.25) is 5.32 Å². The predicted octanol–water partition coefficient (Wildman–Crippen LogP) is 3.92. The number of carbonyl (C=O) groups excluding carboxylic acids is 2. The summed E-state index contributed by atoms with van der Waals surface area (Å²) >= 11 is 0. The van der Waals surface area contributed by atoms with Gasteiger partial charge in [0.2, 0.25) is 0 Å². The molecule has 0 atom stereocenters. The average Bonchev–Trinajstić information content (AvgIpc) is 2.66. The first kappa shape index (κ1) is 22.0. The number of piperidine rings is 1. The van der Waals surface area contributed by atoms with Gasteiger partial charge in [0.05, 0.1) is 0 Å². The SMILES string of the molecule is CC(C)(C)OC(=O)N1CCC(CCNCOC(=O)OCc2ccccc2)CC1. The summed E-state index contributed by atoms with van der Waals surface area (Å²) in [7, 11) is 0. The van der Waals surface area contributed by atoms with E-state index in [2.05, 4.69) is 5.32 Å². The number of nitrogens with one attached hydrogen (secondary N) is 1. The van der Waals surface area contributed by atoms with Crippen LogP contribution in [0.15, 0.2) is 30.3 Å². The zero-order valence-electron chi connectivity index (χ0n) is 17.1. The molecule has 1 aromatic rings. The lowest BCUT2D eigenvalue weighted by Gasteiger charge is -2.33. The Labute approximate surface area is 167 Å². The fraction of sp³-hybridized carbons (Fsp3) is 0.619. The Bertz CT molecular complexity index is 607. The Morgan fingerprint density at radius 2 is 1.79 bits per heavy atom. The maximum Gasteiger partial charge on any atom is 0.509 e. The number of hydrogen-bond acceptors (Lipinski definition) is 6. The van der Waals surface area contributed by atoms with Crippen LogP contribution < -0.4 is 5.32 Å². The van der Waals surface area contributed by atoms with Gasteiger partial charge in [0.25, 0.3) is 0 Å². The number of carbonyl (C=O) groups is 2. The van der Waals surface area contributed by atoms with Crippen LogP contribution in [-0.2, 0) is 20.8 Å². The Morgan fingerprint density at radius 1 is 1.11 bits per heavy atom. The highest BCUT2D eigenvalue weighted by Crippen LogP contribution is 2.21. The Balaban J connectivity index is 1.50. The summed E-state index contributed by atoms with van der Waals surface area (Å²) in [5, 5.41) is 3.10. The molecule has 0 bridgehead atoms. The molecule has 0 saturated carbocycles. The first-order valence-corrected chi connectivity index (χ1v) is 9.85. The van der Waals surface area contributed by atoms with Crippen LogP contribution in [0.1, 0.15) is 45.6 Å². The van der Waals surface area contributed by atoms with E-state index in [0.717, 1.165) is 44.5 Å². The topological polar surface area (TPSA) is 77.1 Å². The standard InChI is InChI=1S/C21H32N2O5/c1-21(2,3)28-19(24)23-13-10-17(11-14-23)9-12-22-16-27-20(25)26-15-18-7-5-4-6-8-18/h4-8,17,22H,9-16H2,1-3H3. The minimum absolute atomic E-state index is 0.129. The highest BCUT2D eigenvalue weighted by atomic mass is 16.7. The van der Waals surface area contributed by atoms with E-state index in [1.165, 1.54) is 0 Å². The van der Waals surface area contributed by atoms with Crippen LogP contribution in [-0.4, -0.2) is 49.1 Å². The first-order valence-electron chi connectivity index (χ1n) is 9.85. The number of nitrogens with zero attached hydrogens (tertiary/aromatic N) is 1. The van der Waals surface area contributed by atoms with Gasteiger partial charge in [-0.1, -0.05) is 30.3 Å². The van der Waals surface area contributed by atoms with Crippen molar-refractivity contribution in [2.75, 3.05) is 26.4 Å². The molecule has 7 nitrogen and oxygen atoms in total. The van der Waals surface area contributed by atoms with E-state index < -0.39 is 11.8 Å². The fourth-order valence-electron chi connectivity index (χ4n) is 2.98. The Hall–Kier alpha value is -2.28. The minimum atomic E-state index is -0.679. The number of rotatable bonds is 7. The summed E-state index contributed by atoms with van der Waals surface area (Å²) in [4.78, 5) is 25.4. The van der Waals surface area contributed by atoms with Gasteiger partial charge in [-0.15, -0.1) is 0 Å². The van der Waals surface area contributed by atoms with Crippen LogP contribution in [0.2, 0.25) is 0 Å². The maximum atomic E-state index is 12.1. The van der Waals surface area contributed by atoms with Crippen molar-refractivity contribution in [3.63, 3.8) is 0 Å². The highest BCUT2D eigenvalue weighted by Gasteiger charge is 2.26. The van der Waals surface area contributed by atoms with Crippen LogP contribution in [0.3, 0.4) is 0 Å². The molecule has 1 amide bonds. The third kappa shape index (κ3) is 8.61. The molecule has 1 aliphatic rings. The molecule has 0 radical (unpaired) electrons. The van der Waals surface area contributed by atoms with Crippen LogP contribution in [0.5, 0.6) is 0 Å². The molecule has 1 heterocycles. The van der Waals surface area contributed by atoms with Gasteiger partial charge in [0.15, 0.2) is 0 Å². The third-order valence-corrected chi connectivity index (χ3v) is 4.49. The normalized spacial score (nSPS) is 15.2. The van der Waals surface area contributed by atoms with E-state index >= 15 is 0 Å². The number of hydrogen-bond donors (Lipinski definition) is 1. The van der Waals surface area contributed by atoms with Crippen LogP contribution >= 0.6 is 0 Å². The van der Waals surface area contributed by atoms with Crippen LogP contribution in [0.25, 0.3) is 0 Å². The van der Waals surface area contributed by atoms with Gasteiger partial charge in [-0.05, 0) is 58.1 Å². The smallest absolute Gasteiger partial charge is 0.444 e. The largest absolute Gasteiger partial charge is 0.509 e. The molecule has 7 heteroatoms. The number of benzene rings is 1. The van der Waals surface area contributed by atoms with Crippen molar-refractivity contribution >= 4 is 12.2 Å². The fourth-order valence-corrected chi connectivity index (χ4v) is 2.98. The lowest BCUT2D eigenvalue weighted by Crippen LogP contribution is -2.42. The van der Waals surface area contributed by atoms with E-state index in [-0.39, 0.29) is 19.4 Å². The van der Waals surface area contributed by atoms with Crippen molar-refractivity contribution in [3.05, 3.63) is 35.9 Å². The quantitative estimate of drug-likeness (QED) is 0.430. The average molecular weight is 392 g/mol. The van der Waals surface area contributed by atoms with Gasteiger partial charge in [-0.2, -0.15) is 0 Å². The second kappa shape index (κ2) is 10.9. The van der Waals surface area contributed by atoms with Gasteiger partial charge in [0.1, 0.15) is 18.9 Å². The number of amides is 1. The number of ether oxygens (including phenoxy) is 3. The van der Waals surface area contributed by atoms with E-state index in [1.54, 1.807) is 4.90 Å². The Kier molecular flexibility index (Phi) is 8.57. The van der Waals surface area contributed by atoms with Crippen molar-refractivity contribution in [2.45, 2.75) is 52.2 Å². The summed E-state index contributed by atoms with van der Waals surface area (Å²) < 4.78 is 15.5. The lowest BCUT2D eigenvalue weighted by molar-refractivity contribution is 0.0180. The maximum absolute atomic E-state index is 12.1. The van der Waals surface area contributed by atoms with E-state index in [1.807, 2.05) is 51.1 Å². The zero-order valence-corrected chi connectivity index (χ0v) is 17.1. The molecular weight excluding hydrogens is 360 g/mol. The molecule has 0 spiro atoms. The van der Waals surface area contributed by atoms with Crippen molar-refractivity contribution in [1.29, 1.82) is 0 Å². The van der Waals surface area contributed by atoms with E-state index in [9.17, 15) is 9.59 Å². The molecule has 0 unspecified atom stereocenters. The molecule has 28 heavy (non-hydrogen) atoms. The van der Waals surface area contributed by atoms with Crippen molar-refractivity contribution in [3.8, 4) is 0 Å². The summed E-state index contributed by atoms with van der Waals surface area (Å²) in [6.07, 6.45) is 1.99. The Morgan fingerprint density at radius 3 is 2.43 bits per heavy atom. The molecule has 1 aromatic carbocycles. The molecule has 0 aromatic heterocycles. The molecule has 156 valence electrons. The second-order valence-corrected chi connectivity index (χ2v) is 8.01. The molecule has 2 rings (SSSR count). The summed E-state index contributed by atoms with van der Waals surface area (Å²) in [6.45, 7) is 8.17. The molecule has 1 saturated heterocycles. The van der Waals surface area contributed by atoms with E-state index in [4.69, 9.17) is 14.2 Å². The van der Waals surface area contributed by atoms with Crippen molar-refractivity contribution in [1.82, 2.24) is 10.2 Å².